The fourth-order valence-corrected chi connectivity index (χ4v) is 2.04. The summed E-state index contributed by atoms with van der Waals surface area (Å²) in [7, 11) is 1.62. The largest absolute Gasteiger partial charge is 0.497 e. The van der Waals surface area contributed by atoms with Crippen molar-refractivity contribution in [3.63, 3.8) is 0 Å². The van der Waals surface area contributed by atoms with E-state index >= 15 is 0 Å². The number of nitrogens with zero attached hydrogens (tertiary/aromatic N) is 2. The molecule has 1 heterocycles. The van der Waals surface area contributed by atoms with E-state index in [-0.39, 0.29) is 6.54 Å². The van der Waals surface area contributed by atoms with E-state index in [1.807, 2.05) is 24.0 Å². The number of carboxylic acid groups (broad SMARTS) is 1. The van der Waals surface area contributed by atoms with Crippen LogP contribution < -0.4 is 4.74 Å². The van der Waals surface area contributed by atoms with Crippen LogP contribution in [0.5, 0.6) is 5.75 Å². The van der Waals surface area contributed by atoms with Crippen molar-refractivity contribution in [2.24, 2.45) is 0 Å². The Balaban J connectivity index is 2.10. The first kappa shape index (κ1) is 12.8. The zero-order valence-electron chi connectivity index (χ0n) is 10.7. The van der Waals surface area contributed by atoms with Gasteiger partial charge in [0.25, 0.3) is 0 Å². The second-order valence-corrected chi connectivity index (χ2v) is 4.67. The van der Waals surface area contributed by atoms with Crippen molar-refractivity contribution < 1.29 is 14.6 Å². The molecule has 1 aromatic rings. The number of hydrogen-bond donors (Lipinski definition) is 1. The Morgan fingerprint density at radius 3 is 2.83 bits per heavy atom. The summed E-state index contributed by atoms with van der Waals surface area (Å²) in [6.07, 6.45) is 2.16. The van der Waals surface area contributed by atoms with Crippen molar-refractivity contribution in [1.82, 2.24) is 9.88 Å². The molecule has 0 atom stereocenters. The summed E-state index contributed by atoms with van der Waals surface area (Å²) in [5, 5.41) is 8.91. The minimum atomic E-state index is -0.790. The Labute approximate surface area is 106 Å². The van der Waals surface area contributed by atoms with Gasteiger partial charge in [0.15, 0.2) is 0 Å². The summed E-state index contributed by atoms with van der Waals surface area (Å²) in [5.74, 6) is -0.0231. The summed E-state index contributed by atoms with van der Waals surface area (Å²) in [4.78, 5) is 17.2. The molecule has 1 saturated carbocycles. The summed E-state index contributed by atoms with van der Waals surface area (Å²) < 4.78 is 5.20. The van der Waals surface area contributed by atoms with Crippen LogP contribution in [0, 0.1) is 6.92 Å². The minimum Gasteiger partial charge on any atom is -0.497 e. The van der Waals surface area contributed by atoms with Gasteiger partial charge in [-0.15, -0.1) is 0 Å². The van der Waals surface area contributed by atoms with Crippen molar-refractivity contribution in [3.05, 3.63) is 23.5 Å². The van der Waals surface area contributed by atoms with Crippen LogP contribution in [0.4, 0.5) is 0 Å². The van der Waals surface area contributed by atoms with Crippen molar-refractivity contribution >= 4 is 5.97 Å². The highest BCUT2D eigenvalue weighted by Gasteiger charge is 2.30. The number of pyridine rings is 1. The average molecular weight is 250 g/mol. The number of hydrogen-bond acceptors (Lipinski definition) is 4. The zero-order valence-corrected chi connectivity index (χ0v) is 10.7. The smallest absolute Gasteiger partial charge is 0.317 e. The van der Waals surface area contributed by atoms with E-state index < -0.39 is 5.97 Å². The molecule has 0 bridgehead atoms. The third-order valence-electron chi connectivity index (χ3n) is 2.98. The number of carbonyl (C=O) groups is 1. The first-order valence-electron chi connectivity index (χ1n) is 6.06. The quantitative estimate of drug-likeness (QED) is 0.828. The van der Waals surface area contributed by atoms with Crippen LogP contribution in [0.1, 0.15) is 24.2 Å². The van der Waals surface area contributed by atoms with Crippen LogP contribution in [0.25, 0.3) is 0 Å². The van der Waals surface area contributed by atoms with Crippen LogP contribution >= 0.6 is 0 Å². The first-order valence-corrected chi connectivity index (χ1v) is 6.06. The minimum absolute atomic E-state index is 0.0720. The van der Waals surface area contributed by atoms with Gasteiger partial charge >= 0.3 is 5.97 Å². The molecule has 0 radical (unpaired) electrons. The average Bonchev–Trinajstić information content (AvgIpc) is 3.10. The summed E-state index contributed by atoms with van der Waals surface area (Å²) in [6, 6.07) is 4.13. The van der Waals surface area contributed by atoms with Gasteiger partial charge < -0.3 is 9.84 Å². The molecule has 98 valence electrons. The Bertz CT molecular complexity index is 444. The highest BCUT2D eigenvalue weighted by Crippen LogP contribution is 2.28. The van der Waals surface area contributed by atoms with Crippen molar-refractivity contribution in [2.75, 3.05) is 13.7 Å². The lowest BCUT2D eigenvalue weighted by atomic mass is 10.2. The van der Waals surface area contributed by atoms with Crippen LogP contribution in [0.3, 0.4) is 0 Å². The predicted molar refractivity (Wildman–Crippen MR) is 66.6 cm³/mol. The summed E-state index contributed by atoms with van der Waals surface area (Å²) >= 11 is 0. The highest BCUT2D eigenvalue weighted by atomic mass is 16.5. The molecule has 5 heteroatoms. The van der Waals surface area contributed by atoms with Gasteiger partial charge in [-0.1, -0.05) is 0 Å². The molecule has 0 aliphatic heterocycles. The molecular formula is C13H18N2O3. The number of aromatic nitrogens is 1. The first-order chi connectivity index (χ1) is 8.58. The van der Waals surface area contributed by atoms with E-state index in [0.29, 0.717) is 12.6 Å². The van der Waals surface area contributed by atoms with E-state index in [4.69, 9.17) is 9.84 Å². The number of aliphatic carboxylic acids is 1. The van der Waals surface area contributed by atoms with Gasteiger partial charge in [-0.05, 0) is 19.8 Å². The Hall–Kier alpha value is -1.62. The predicted octanol–water partition coefficient (Wildman–Crippen LogP) is 1.45. The van der Waals surface area contributed by atoms with E-state index in [0.717, 1.165) is 30.0 Å². The third kappa shape index (κ3) is 3.43. The van der Waals surface area contributed by atoms with E-state index in [1.165, 1.54) is 0 Å². The van der Waals surface area contributed by atoms with Gasteiger partial charge in [0.05, 0.1) is 19.3 Å². The molecule has 1 fully saturated rings. The summed E-state index contributed by atoms with van der Waals surface area (Å²) in [5.41, 5.74) is 1.75. The van der Waals surface area contributed by atoms with E-state index in [9.17, 15) is 4.79 Å². The maximum Gasteiger partial charge on any atom is 0.317 e. The Morgan fingerprint density at radius 1 is 1.56 bits per heavy atom. The number of ether oxygens (including phenoxy) is 1. The van der Waals surface area contributed by atoms with Crippen molar-refractivity contribution in [3.8, 4) is 5.75 Å². The van der Waals surface area contributed by atoms with Gasteiger partial charge in [-0.2, -0.15) is 0 Å². The molecular weight excluding hydrogens is 232 g/mol. The SMILES string of the molecule is COc1cc(C)nc(CN(CC(=O)O)C2CC2)c1. The Kier molecular flexibility index (Phi) is 3.81. The molecule has 1 N–H and O–H groups in total. The molecule has 1 aliphatic carbocycles. The van der Waals surface area contributed by atoms with Crippen LogP contribution in [-0.4, -0.2) is 40.7 Å². The van der Waals surface area contributed by atoms with Gasteiger partial charge in [0, 0.05) is 30.4 Å². The second-order valence-electron chi connectivity index (χ2n) is 4.67. The van der Waals surface area contributed by atoms with Gasteiger partial charge in [-0.25, -0.2) is 0 Å². The number of aryl methyl sites for hydroxylation is 1. The maximum absolute atomic E-state index is 10.8. The van der Waals surface area contributed by atoms with Crippen LogP contribution in [0.2, 0.25) is 0 Å². The van der Waals surface area contributed by atoms with Crippen molar-refractivity contribution in [1.29, 1.82) is 0 Å². The summed E-state index contributed by atoms with van der Waals surface area (Å²) in [6.45, 7) is 2.54. The van der Waals surface area contributed by atoms with E-state index in [1.54, 1.807) is 7.11 Å². The monoisotopic (exact) mass is 250 g/mol. The van der Waals surface area contributed by atoms with Crippen LogP contribution in [0.15, 0.2) is 12.1 Å². The molecule has 18 heavy (non-hydrogen) atoms. The molecule has 1 aromatic heterocycles. The standard InChI is InChI=1S/C13H18N2O3/c1-9-5-12(18-2)6-10(14-9)7-15(8-13(16)17)11-3-4-11/h5-6,11H,3-4,7-8H2,1-2H3,(H,16,17). The lowest BCUT2D eigenvalue weighted by Crippen LogP contribution is -2.31. The molecule has 0 aromatic carbocycles. The Morgan fingerprint density at radius 2 is 2.28 bits per heavy atom. The molecule has 0 amide bonds. The molecule has 1 aliphatic rings. The fraction of sp³-hybridized carbons (Fsp3) is 0.538. The second kappa shape index (κ2) is 5.35. The molecule has 5 nitrogen and oxygen atoms in total. The zero-order chi connectivity index (χ0) is 13.1. The van der Waals surface area contributed by atoms with E-state index in [2.05, 4.69) is 4.98 Å². The molecule has 0 saturated heterocycles. The maximum atomic E-state index is 10.8. The van der Waals surface area contributed by atoms with Gasteiger partial charge in [0.2, 0.25) is 0 Å². The number of methoxy groups -OCH3 is 1. The topological polar surface area (TPSA) is 62.7 Å². The van der Waals surface area contributed by atoms with Gasteiger partial charge in [0.1, 0.15) is 5.75 Å². The van der Waals surface area contributed by atoms with Crippen molar-refractivity contribution in [2.45, 2.75) is 32.4 Å². The molecule has 2 rings (SSSR count). The highest BCUT2D eigenvalue weighted by molar-refractivity contribution is 5.69. The van der Waals surface area contributed by atoms with Gasteiger partial charge in [-0.3, -0.25) is 14.7 Å². The lowest BCUT2D eigenvalue weighted by Gasteiger charge is -2.19. The third-order valence-corrected chi connectivity index (χ3v) is 2.98. The molecule has 0 unspecified atom stereocenters. The fourth-order valence-electron chi connectivity index (χ4n) is 2.04. The number of rotatable bonds is 6. The molecule has 0 spiro atoms. The number of carboxylic acids is 1. The van der Waals surface area contributed by atoms with Crippen LogP contribution in [-0.2, 0) is 11.3 Å². The lowest BCUT2D eigenvalue weighted by molar-refractivity contribution is -0.138. The normalized spacial score (nSPS) is 14.8.